The number of nitrogens with zero attached hydrogens (tertiary/aromatic N) is 1. The molecule has 4 rings (SSSR count). The molecule has 1 atom stereocenters. The van der Waals surface area contributed by atoms with Crippen molar-refractivity contribution in [2.75, 3.05) is 13.1 Å². The second-order valence-corrected chi connectivity index (χ2v) is 6.48. The van der Waals surface area contributed by atoms with Gasteiger partial charge in [0.25, 0.3) is 5.91 Å². The van der Waals surface area contributed by atoms with E-state index in [-0.39, 0.29) is 17.7 Å². The van der Waals surface area contributed by atoms with Gasteiger partial charge in [-0.15, -0.1) is 0 Å². The maximum atomic E-state index is 13.2. The lowest BCUT2D eigenvalue weighted by Crippen LogP contribution is -2.44. The van der Waals surface area contributed by atoms with Crippen LogP contribution in [0.2, 0.25) is 0 Å². The summed E-state index contributed by atoms with van der Waals surface area (Å²) >= 11 is 0. The molecule has 1 N–H and O–H groups in total. The van der Waals surface area contributed by atoms with Crippen LogP contribution in [0, 0.1) is 0 Å². The maximum absolute atomic E-state index is 13.2. The van der Waals surface area contributed by atoms with Crippen LogP contribution < -0.4 is 5.32 Å². The number of carbonyl (C=O) groups excluding carboxylic acids is 2. The third-order valence-corrected chi connectivity index (χ3v) is 5.01. The van der Waals surface area contributed by atoms with Crippen LogP contribution in [-0.2, 0) is 17.8 Å². The van der Waals surface area contributed by atoms with Gasteiger partial charge in [-0.2, -0.15) is 0 Å². The highest BCUT2D eigenvalue weighted by atomic mass is 16.2. The molecular formula is C20H20N2O2. The van der Waals surface area contributed by atoms with E-state index in [1.54, 1.807) is 6.07 Å². The zero-order chi connectivity index (χ0) is 16.5. The van der Waals surface area contributed by atoms with Crippen LogP contribution in [0.25, 0.3) is 0 Å². The smallest absolute Gasteiger partial charge is 0.251 e. The van der Waals surface area contributed by atoms with Crippen LogP contribution in [0.1, 0.15) is 39.4 Å². The van der Waals surface area contributed by atoms with Crippen molar-refractivity contribution >= 4 is 11.8 Å². The lowest BCUT2D eigenvalue weighted by molar-refractivity contribution is -0.133. The van der Waals surface area contributed by atoms with Gasteiger partial charge in [0.15, 0.2) is 0 Å². The Morgan fingerprint density at radius 1 is 1.04 bits per heavy atom. The van der Waals surface area contributed by atoms with Crippen LogP contribution >= 0.6 is 0 Å². The van der Waals surface area contributed by atoms with Crippen molar-refractivity contribution in [3.8, 4) is 0 Å². The Bertz CT molecular complexity index is 800. The quantitative estimate of drug-likeness (QED) is 0.877. The van der Waals surface area contributed by atoms with Gasteiger partial charge in [0.05, 0.1) is 5.92 Å². The molecule has 0 fully saturated rings. The van der Waals surface area contributed by atoms with E-state index < -0.39 is 0 Å². The van der Waals surface area contributed by atoms with Gasteiger partial charge in [0.1, 0.15) is 0 Å². The van der Waals surface area contributed by atoms with E-state index in [0.29, 0.717) is 18.7 Å². The van der Waals surface area contributed by atoms with Crippen LogP contribution in [0.5, 0.6) is 0 Å². The van der Waals surface area contributed by atoms with E-state index in [2.05, 4.69) is 23.5 Å². The number of fused-ring (bicyclic) bond motifs is 2. The second-order valence-electron chi connectivity index (χ2n) is 6.48. The lowest BCUT2D eigenvalue weighted by Gasteiger charge is -2.30. The lowest BCUT2D eigenvalue weighted by atomic mass is 9.89. The predicted molar refractivity (Wildman–Crippen MR) is 91.7 cm³/mol. The highest BCUT2D eigenvalue weighted by Crippen LogP contribution is 2.28. The molecule has 4 nitrogen and oxygen atoms in total. The normalized spacial score (nSPS) is 19.8. The number of nitrogens with one attached hydrogen (secondary N) is 1. The molecule has 2 aromatic rings. The molecular weight excluding hydrogens is 300 g/mol. The molecule has 2 aliphatic heterocycles. The second kappa shape index (κ2) is 6.11. The topological polar surface area (TPSA) is 49.4 Å². The molecule has 0 aliphatic carbocycles. The number of amides is 2. The van der Waals surface area contributed by atoms with E-state index in [1.165, 1.54) is 11.1 Å². The summed E-state index contributed by atoms with van der Waals surface area (Å²) in [5.41, 5.74) is 4.04. The molecule has 2 amide bonds. The molecule has 0 saturated carbocycles. The molecule has 0 spiro atoms. The average Bonchev–Trinajstić information content (AvgIpc) is 2.84. The number of carbonyl (C=O) groups is 2. The molecule has 0 aromatic heterocycles. The monoisotopic (exact) mass is 320 g/mol. The molecule has 0 saturated heterocycles. The minimum atomic E-state index is -0.288. The molecule has 2 heterocycles. The molecule has 0 radical (unpaired) electrons. The zero-order valence-electron chi connectivity index (χ0n) is 13.5. The minimum Gasteiger partial charge on any atom is -0.351 e. The number of hydrogen-bond donors (Lipinski definition) is 1. The summed E-state index contributed by atoms with van der Waals surface area (Å²) in [5.74, 6) is -0.265. The largest absolute Gasteiger partial charge is 0.351 e. The third kappa shape index (κ3) is 2.58. The van der Waals surface area contributed by atoms with Gasteiger partial charge in [0, 0.05) is 25.2 Å². The van der Waals surface area contributed by atoms with Gasteiger partial charge < -0.3 is 10.2 Å². The number of benzene rings is 2. The summed E-state index contributed by atoms with van der Waals surface area (Å²) in [6.45, 7) is 1.80. The predicted octanol–water partition coefficient (Wildman–Crippen LogP) is 2.49. The number of hydrogen-bond acceptors (Lipinski definition) is 2. The van der Waals surface area contributed by atoms with E-state index in [4.69, 9.17) is 0 Å². The summed E-state index contributed by atoms with van der Waals surface area (Å²) in [7, 11) is 0. The molecule has 24 heavy (non-hydrogen) atoms. The fraction of sp³-hybridized carbons (Fsp3) is 0.300. The van der Waals surface area contributed by atoms with Crippen molar-refractivity contribution in [2.45, 2.75) is 25.3 Å². The Labute approximate surface area is 141 Å². The maximum Gasteiger partial charge on any atom is 0.251 e. The number of aryl methyl sites for hydroxylation is 1. The Hall–Kier alpha value is -2.62. The summed E-state index contributed by atoms with van der Waals surface area (Å²) in [6.07, 6.45) is 1.99. The van der Waals surface area contributed by atoms with Gasteiger partial charge in [-0.1, -0.05) is 42.5 Å². The first-order valence-corrected chi connectivity index (χ1v) is 8.47. The summed E-state index contributed by atoms with van der Waals surface area (Å²) in [4.78, 5) is 27.1. The fourth-order valence-corrected chi connectivity index (χ4v) is 3.74. The van der Waals surface area contributed by atoms with Gasteiger partial charge >= 0.3 is 0 Å². The van der Waals surface area contributed by atoms with Crippen LogP contribution in [0.15, 0.2) is 48.5 Å². The zero-order valence-corrected chi connectivity index (χ0v) is 13.5. The Kier molecular flexibility index (Phi) is 3.81. The van der Waals surface area contributed by atoms with E-state index in [1.807, 2.05) is 29.2 Å². The summed E-state index contributed by atoms with van der Waals surface area (Å²) < 4.78 is 0. The Balaban J connectivity index is 1.63. The van der Waals surface area contributed by atoms with Gasteiger partial charge in [-0.25, -0.2) is 0 Å². The molecule has 2 aromatic carbocycles. The first kappa shape index (κ1) is 14.9. The van der Waals surface area contributed by atoms with Gasteiger partial charge in [-0.05, 0) is 35.6 Å². The first-order valence-electron chi connectivity index (χ1n) is 8.47. The van der Waals surface area contributed by atoms with Crippen LogP contribution in [0.4, 0.5) is 0 Å². The number of rotatable bonds is 1. The fourth-order valence-electron chi connectivity index (χ4n) is 3.74. The molecule has 4 heteroatoms. The Morgan fingerprint density at radius 3 is 2.67 bits per heavy atom. The third-order valence-electron chi connectivity index (χ3n) is 5.01. The molecule has 0 bridgehead atoms. The van der Waals surface area contributed by atoms with Crippen molar-refractivity contribution in [2.24, 2.45) is 0 Å². The summed E-state index contributed by atoms with van der Waals surface area (Å²) in [6, 6.07) is 15.8. The first-order chi connectivity index (χ1) is 11.7. The molecule has 1 unspecified atom stereocenters. The van der Waals surface area contributed by atoms with Crippen molar-refractivity contribution in [3.05, 3.63) is 70.8 Å². The van der Waals surface area contributed by atoms with E-state index in [9.17, 15) is 9.59 Å². The Morgan fingerprint density at radius 2 is 1.79 bits per heavy atom. The van der Waals surface area contributed by atoms with E-state index in [0.717, 1.165) is 24.9 Å². The van der Waals surface area contributed by atoms with E-state index >= 15 is 0 Å². The summed E-state index contributed by atoms with van der Waals surface area (Å²) in [5, 5.41) is 2.86. The van der Waals surface area contributed by atoms with Gasteiger partial charge in [0.2, 0.25) is 5.91 Å². The highest BCUT2D eigenvalue weighted by Gasteiger charge is 2.33. The minimum absolute atomic E-state index is 0.0872. The van der Waals surface area contributed by atoms with Crippen molar-refractivity contribution in [1.29, 1.82) is 0 Å². The SMILES string of the molecule is O=C1NCC(C(=O)N2CCCc3ccccc3C2)c2ccccc21. The van der Waals surface area contributed by atoms with Gasteiger partial charge in [-0.3, -0.25) is 9.59 Å². The highest BCUT2D eigenvalue weighted by molar-refractivity contribution is 6.00. The van der Waals surface area contributed by atoms with Crippen LogP contribution in [0.3, 0.4) is 0 Å². The van der Waals surface area contributed by atoms with Crippen LogP contribution in [-0.4, -0.2) is 29.8 Å². The average molecular weight is 320 g/mol. The van der Waals surface area contributed by atoms with Crippen molar-refractivity contribution in [1.82, 2.24) is 10.2 Å². The molecule has 122 valence electrons. The van der Waals surface area contributed by atoms with Crippen molar-refractivity contribution < 1.29 is 9.59 Å². The molecule has 2 aliphatic rings. The standard InChI is InChI=1S/C20H20N2O2/c23-19-17-10-4-3-9-16(17)18(12-21-19)20(24)22-11-5-8-14-6-1-2-7-15(14)13-22/h1-4,6-7,9-10,18H,5,8,11-13H2,(H,21,23). The van der Waals surface area contributed by atoms with Crippen molar-refractivity contribution in [3.63, 3.8) is 0 Å².